The summed E-state index contributed by atoms with van der Waals surface area (Å²) in [6.45, 7) is 6.92. The minimum atomic E-state index is -1.15. The number of rotatable bonds is 9. The molecule has 0 saturated heterocycles. The lowest BCUT2D eigenvalue weighted by Crippen LogP contribution is -2.28. The number of ether oxygens (including phenoxy) is 2. The highest BCUT2D eigenvalue weighted by Crippen LogP contribution is 2.44. The SMILES string of the molecule is COCOc1ccccc1CNCCCN1c2ccccc2S(=O)c2ccc(C)c(C)c21. The van der Waals surface area contributed by atoms with Crippen LogP contribution in [0.15, 0.2) is 70.5 Å². The van der Waals surface area contributed by atoms with E-state index >= 15 is 0 Å². The lowest BCUT2D eigenvalue weighted by Gasteiger charge is -2.34. The van der Waals surface area contributed by atoms with Crippen LogP contribution >= 0.6 is 0 Å². The zero-order valence-electron chi connectivity index (χ0n) is 18.9. The van der Waals surface area contributed by atoms with Crippen molar-refractivity contribution in [2.24, 2.45) is 0 Å². The van der Waals surface area contributed by atoms with Crippen molar-refractivity contribution in [2.75, 3.05) is 31.9 Å². The second-order valence-electron chi connectivity index (χ2n) is 7.93. The average molecular weight is 451 g/mol. The van der Waals surface area contributed by atoms with Crippen LogP contribution in [0.2, 0.25) is 0 Å². The van der Waals surface area contributed by atoms with Gasteiger partial charge in [-0.2, -0.15) is 0 Å². The minimum absolute atomic E-state index is 0.241. The third-order valence-corrected chi connectivity index (χ3v) is 7.32. The predicted octanol–water partition coefficient (Wildman–Crippen LogP) is 5.08. The fraction of sp³-hybridized carbons (Fsp3) is 0.308. The van der Waals surface area contributed by atoms with Crippen LogP contribution < -0.4 is 15.0 Å². The molecule has 0 bridgehead atoms. The van der Waals surface area contributed by atoms with Crippen LogP contribution in [0.4, 0.5) is 11.4 Å². The first-order valence-electron chi connectivity index (χ1n) is 10.9. The van der Waals surface area contributed by atoms with E-state index in [2.05, 4.69) is 42.3 Å². The summed E-state index contributed by atoms with van der Waals surface area (Å²) < 4.78 is 23.9. The van der Waals surface area contributed by atoms with Crippen LogP contribution in [0, 0.1) is 13.8 Å². The van der Waals surface area contributed by atoms with Crippen molar-refractivity contribution in [1.29, 1.82) is 0 Å². The molecule has 0 aliphatic carbocycles. The van der Waals surface area contributed by atoms with Gasteiger partial charge >= 0.3 is 0 Å². The van der Waals surface area contributed by atoms with Crippen molar-refractivity contribution in [3.8, 4) is 5.75 Å². The number of nitrogens with one attached hydrogen (secondary N) is 1. The zero-order valence-corrected chi connectivity index (χ0v) is 19.7. The molecule has 1 atom stereocenters. The van der Waals surface area contributed by atoms with Crippen LogP contribution in [-0.4, -0.2) is 31.2 Å². The van der Waals surface area contributed by atoms with E-state index in [1.807, 2.05) is 42.5 Å². The molecule has 1 aliphatic rings. The summed E-state index contributed by atoms with van der Waals surface area (Å²) in [6, 6.07) is 20.1. The monoisotopic (exact) mass is 450 g/mol. The normalized spacial score (nSPS) is 14.7. The molecule has 5 nitrogen and oxygen atoms in total. The molecule has 4 rings (SSSR count). The molecule has 6 heteroatoms. The Morgan fingerprint density at radius 1 is 0.969 bits per heavy atom. The van der Waals surface area contributed by atoms with Gasteiger partial charge < -0.3 is 19.7 Å². The van der Waals surface area contributed by atoms with E-state index in [1.165, 1.54) is 11.1 Å². The highest BCUT2D eigenvalue weighted by Gasteiger charge is 2.29. The van der Waals surface area contributed by atoms with Crippen molar-refractivity contribution in [2.45, 2.75) is 36.6 Å². The van der Waals surface area contributed by atoms with E-state index in [4.69, 9.17) is 9.47 Å². The molecule has 0 spiro atoms. The Kier molecular flexibility index (Phi) is 7.25. The standard InChI is InChI=1S/C26H30N2O3S/c1-19-13-14-25-26(20(19)2)28(22-10-5-7-12-24(22)32(25)29)16-8-15-27-17-21-9-4-6-11-23(21)31-18-30-3/h4-7,9-14,27H,8,15-18H2,1-3H3. The number of para-hydroxylation sites is 2. The van der Waals surface area contributed by atoms with Crippen LogP contribution in [0.5, 0.6) is 5.75 Å². The van der Waals surface area contributed by atoms with Gasteiger partial charge in [-0.25, -0.2) is 4.21 Å². The van der Waals surface area contributed by atoms with Gasteiger partial charge in [0.15, 0.2) is 6.79 Å². The van der Waals surface area contributed by atoms with Crippen LogP contribution in [0.1, 0.15) is 23.1 Å². The summed E-state index contributed by atoms with van der Waals surface area (Å²) in [6.07, 6.45) is 0.953. The second-order valence-corrected chi connectivity index (χ2v) is 9.35. The zero-order chi connectivity index (χ0) is 22.5. The summed E-state index contributed by atoms with van der Waals surface area (Å²) >= 11 is 0. The van der Waals surface area contributed by atoms with Gasteiger partial charge in [-0.1, -0.05) is 36.4 Å². The maximum Gasteiger partial charge on any atom is 0.188 e. The Balaban J connectivity index is 1.45. The molecule has 1 unspecified atom stereocenters. The molecular formula is C26H30N2O3S. The Hall–Kier alpha value is -2.67. The Bertz CT molecular complexity index is 1120. The Labute approximate surface area is 192 Å². The smallest absolute Gasteiger partial charge is 0.188 e. The van der Waals surface area contributed by atoms with Crippen molar-refractivity contribution in [1.82, 2.24) is 5.32 Å². The summed E-state index contributed by atoms with van der Waals surface area (Å²) in [5.74, 6) is 0.842. The van der Waals surface area contributed by atoms with Crippen molar-refractivity contribution >= 4 is 22.2 Å². The number of benzene rings is 3. The van der Waals surface area contributed by atoms with Crippen molar-refractivity contribution in [3.63, 3.8) is 0 Å². The molecule has 168 valence electrons. The number of nitrogens with zero attached hydrogens (tertiary/aromatic N) is 1. The van der Waals surface area contributed by atoms with Gasteiger partial charge in [-0.3, -0.25) is 0 Å². The van der Waals surface area contributed by atoms with Crippen LogP contribution in [0.3, 0.4) is 0 Å². The molecule has 1 aliphatic heterocycles. The lowest BCUT2D eigenvalue weighted by molar-refractivity contribution is 0.0503. The molecule has 0 amide bonds. The summed E-state index contributed by atoms with van der Waals surface area (Å²) in [4.78, 5) is 4.13. The van der Waals surface area contributed by atoms with Gasteiger partial charge in [0.2, 0.25) is 0 Å². The molecule has 0 saturated carbocycles. The maximum atomic E-state index is 13.2. The Morgan fingerprint density at radius 3 is 2.59 bits per heavy atom. The highest BCUT2D eigenvalue weighted by atomic mass is 32.2. The number of methoxy groups -OCH3 is 1. The van der Waals surface area contributed by atoms with Crippen molar-refractivity contribution < 1.29 is 13.7 Å². The van der Waals surface area contributed by atoms with Gasteiger partial charge in [0.1, 0.15) is 5.75 Å². The number of hydrogen-bond donors (Lipinski definition) is 1. The van der Waals surface area contributed by atoms with E-state index in [9.17, 15) is 4.21 Å². The highest BCUT2D eigenvalue weighted by molar-refractivity contribution is 7.85. The van der Waals surface area contributed by atoms with E-state index in [0.29, 0.717) is 0 Å². The van der Waals surface area contributed by atoms with E-state index < -0.39 is 10.8 Å². The Morgan fingerprint density at radius 2 is 1.75 bits per heavy atom. The summed E-state index contributed by atoms with van der Waals surface area (Å²) in [7, 11) is 0.471. The van der Waals surface area contributed by atoms with Crippen LogP contribution in [-0.2, 0) is 22.1 Å². The van der Waals surface area contributed by atoms with E-state index in [-0.39, 0.29) is 6.79 Å². The fourth-order valence-corrected chi connectivity index (χ4v) is 5.51. The maximum absolute atomic E-state index is 13.2. The third-order valence-electron chi connectivity index (χ3n) is 5.85. The fourth-order valence-electron chi connectivity index (χ4n) is 4.07. The first-order valence-corrected chi connectivity index (χ1v) is 12.1. The molecule has 0 fully saturated rings. The molecule has 32 heavy (non-hydrogen) atoms. The van der Waals surface area contributed by atoms with Crippen LogP contribution in [0.25, 0.3) is 0 Å². The van der Waals surface area contributed by atoms with Gasteiger partial charge in [0.05, 0.1) is 32.0 Å². The molecule has 0 radical (unpaired) electrons. The number of anilines is 2. The number of fused-ring (bicyclic) bond motifs is 2. The lowest BCUT2D eigenvalue weighted by atomic mass is 10.1. The first-order chi connectivity index (χ1) is 15.6. The van der Waals surface area contributed by atoms with Gasteiger partial charge in [-0.15, -0.1) is 0 Å². The second kappa shape index (κ2) is 10.3. The molecule has 3 aromatic rings. The van der Waals surface area contributed by atoms with Gasteiger partial charge in [0.25, 0.3) is 0 Å². The summed E-state index contributed by atoms with van der Waals surface area (Å²) in [5, 5.41) is 3.53. The van der Waals surface area contributed by atoms with Gasteiger partial charge in [0, 0.05) is 25.8 Å². The molecule has 1 N–H and O–H groups in total. The molecule has 3 aromatic carbocycles. The van der Waals surface area contributed by atoms with Gasteiger partial charge in [-0.05, 0) is 62.2 Å². The molecule has 1 heterocycles. The molecular weight excluding hydrogens is 420 g/mol. The first kappa shape index (κ1) is 22.5. The average Bonchev–Trinajstić information content (AvgIpc) is 2.82. The van der Waals surface area contributed by atoms with E-state index in [0.717, 1.165) is 58.5 Å². The van der Waals surface area contributed by atoms with E-state index in [1.54, 1.807) is 7.11 Å². The summed E-state index contributed by atoms with van der Waals surface area (Å²) in [5.41, 5.74) is 5.67. The topological polar surface area (TPSA) is 50.8 Å². The largest absolute Gasteiger partial charge is 0.467 e. The number of hydrogen-bond acceptors (Lipinski definition) is 5. The predicted molar refractivity (Wildman–Crippen MR) is 129 cm³/mol. The van der Waals surface area contributed by atoms with Crippen molar-refractivity contribution in [3.05, 3.63) is 77.4 Å². The molecule has 0 aromatic heterocycles. The third kappa shape index (κ3) is 4.58. The number of aryl methyl sites for hydroxylation is 1. The minimum Gasteiger partial charge on any atom is -0.467 e. The quantitative estimate of drug-likeness (QED) is 0.364.